The number of anilines is 4. The molecule has 6 rings (SSSR count). The van der Waals surface area contributed by atoms with Crippen LogP contribution in [-0.2, 0) is 9.59 Å². The van der Waals surface area contributed by atoms with Gasteiger partial charge in [-0.05, 0) is 101 Å². The van der Waals surface area contributed by atoms with Crippen LogP contribution in [0.15, 0.2) is 48.8 Å². The number of nitrogen functional groups attached to an aromatic ring is 2. The van der Waals surface area contributed by atoms with E-state index in [1.807, 2.05) is 18.7 Å². The summed E-state index contributed by atoms with van der Waals surface area (Å²) in [5.74, 6) is -1.38. The van der Waals surface area contributed by atoms with Gasteiger partial charge in [0, 0.05) is 57.1 Å². The Morgan fingerprint density at radius 1 is 0.696 bits per heavy atom. The predicted molar refractivity (Wildman–Crippen MR) is 261 cm³/mol. The Hall–Kier alpha value is -6.58. The SMILES string of the molecule is CCN(CC)CCC(=O)N1CCC(Nc2ncc(C(=O)c3cc(F)ccc3OC)c(N)n2)CC1.CCN(CC)CCC(=O)O.COc1ccc(F)cc1C(=O)c1cnc(NC2CCNCC2)nc1N. The van der Waals surface area contributed by atoms with Gasteiger partial charge in [-0.1, -0.05) is 27.7 Å². The van der Waals surface area contributed by atoms with E-state index in [1.165, 1.54) is 50.9 Å². The van der Waals surface area contributed by atoms with E-state index in [9.17, 15) is 28.0 Å². The van der Waals surface area contributed by atoms with Crippen LogP contribution in [0.2, 0.25) is 0 Å². The normalized spacial score (nSPS) is 14.0. The molecule has 0 spiro atoms. The van der Waals surface area contributed by atoms with Crippen LogP contribution in [0.25, 0.3) is 0 Å². The number of likely N-dealkylation sites (tertiary alicyclic amines) is 1. The van der Waals surface area contributed by atoms with E-state index >= 15 is 0 Å². The molecule has 0 bridgehead atoms. The van der Waals surface area contributed by atoms with Gasteiger partial charge < -0.3 is 56.7 Å². The molecule has 0 saturated carbocycles. The van der Waals surface area contributed by atoms with Crippen molar-refractivity contribution in [1.29, 1.82) is 0 Å². The molecule has 2 aliphatic rings. The van der Waals surface area contributed by atoms with Crippen LogP contribution in [0, 0.1) is 11.6 Å². The molecule has 19 nitrogen and oxygen atoms in total. The summed E-state index contributed by atoms with van der Waals surface area (Å²) in [7, 11) is 2.82. The Morgan fingerprint density at radius 3 is 1.51 bits per heavy atom. The van der Waals surface area contributed by atoms with Gasteiger partial charge in [-0.3, -0.25) is 19.2 Å². The summed E-state index contributed by atoms with van der Waals surface area (Å²) >= 11 is 0. The van der Waals surface area contributed by atoms with Crippen molar-refractivity contribution in [3.63, 3.8) is 0 Å². The van der Waals surface area contributed by atoms with Gasteiger partial charge in [0.25, 0.3) is 0 Å². The number of nitrogens with one attached hydrogen (secondary N) is 3. The van der Waals surface area contributed by atoms with Gasteiger partial charge >= 0.3 is 5.97 Å². The third kappa shape index (κ3) is 16.9. The summed E-state index contributed by atoms with van der Waals surface area (Å²) in [6.07, 6.45) is 6.94. The molecule has 8 N–H and O–H groups in total. The lowest BCUT2D eigenvalue weighted by Crippen LogP contribution is -2.43. The van der Waals surface area contributed by atoms with Gasteiger partial charge in [0.1, 0.15) is 34.8 Å². The molecule has 2 aromatic heterocycles. The zero-order valence-corrected chi connectivity index (χ0v) is 40.5. The van der Waals surface area contributed by atoms with Crippen molar-refractivity contribution in [2.45, 2.75) is 78.3 Å². The minimum Gasteiger partial charge on any atom is -0.496 e. The number of ketones is 2. The molecule has 376 valence electrons. The van der Waals surface area contributed by atoms with Crippen molar-refractivity contribution >= 4 is 47.0 Å². The molecule has 4 heterocycles. The second kappa shape index (κ2) is 28.0. The molecule has 0 unspecified atom stereocenters. The molecule has 0 aliphatic carbocycles. The van der Waals surface area contributed by atoms with Crippen LogP contribution in [0.4, 0.5) is 32.3 Å². The molecule has 4 aromatic rings. The minimum absolute atomic E-state index is 0.00201. The summed E-state index contributed by atoms with van der Waals surface area (Å²) in [4.78, 5) is 71.2. The molecule has 69 heavy (non-hydrogen) atoms. The number of hydrogen-bond acceptors (Lipinski definition) is 17. The van der Waals surface area contributed by atoms with Crippen molar-refractivity contribution in [2.24, 2.45) is 0 Å². The first-order valence-corrected chi connectivity index (χ1v) is 23.3. The van der Waals surface area contributed by atoms with E-state index in [1.54, 1.807) is 0 Å². The number of rotatable bonds is 20. The molecular formula is C48H68F2N12O7. The molecular weight excluding hydrogens is 895 g/mol. The standard InChI is InChI=1S/C24H33FN6O3.C17H20FN5O2.C7H15NO2/c1-4-30(5-2)11-10-21(32)31-12-8-17(9-13-31)28-24-27-15-19(23(26)29-24)22(33)18-14-16(25)6-7-20(18)34-3;1-25-14-3-2-10(18)8-12(14)15(24)13-9-21-17(23-16(13)19)22-11-4-6-20-7-5-11;1-3-8(4-2)6-5-7(9)10/h6-7,14-15,17H,4-5,8-13H2,1-3H3,(H3,26,27,28,29);2-3,8-9,11,20H,4-7H2,1H3,(H3,19,21,22,23);3-6H2,1-2H3,(H,9,10). The van der Waals surface area contributed by atoms with Gasteiger partial charge in [-0.15, -0.1) is 0 Å². The fraction of sp³-hybridized carbons (Fsp3) is 0.500. The number of carboxylic acids is 1. The minimum atomic E-state index is -0.716. The highest BCUT2D eigenvalue weighted by Crippen LogP contribution is 2.27. The first kappa shape index (κ1) is 55.0. The first-order chi connectivity index (χ1) is 33.1. The van der Waals surface area contributed by atoms with E-state index in [0.29, 0.717) is 38.0 Å². The molecule has 2 fully saturated rings. The van der Waals surface area contributed by atoms with E-state index < -0.39 is 29.2 Å². The van der Waals surface area contributed by atoms with E-state index in [0.717, 1.165) is 83.6 Å². The lowest BCUT2D eigenvalue weighted by molar-refractivity contribution is -0.137. The quantitative estimate of drug-likeness (QED) is 0.0639. The van der Waals surface area contributed by atoms with Gasteiger partial charge in [0.15, 0.2) is 0 Å². The fourth-order valence-corrected chi connectivity index (χ4v) is 7.63. The summed E-state index contributed by atoms with van der Waals surface area (Å²) in [6, 6.07) is 7.80. The van der Waals surface area contributed by atoms with Crippen LogP contribution in [0.3, 0.4) is 0 Å². The number of ether oxygens (including phenoxy) is 2. The Labute approximate surface area is 402 Å². The fourth-order valence-electron chi connectivity index (χ4n) is 7.63. The van der Waals surface area contributed by atoms with Gasteiger partial charge in [0.05, 0.1) is 42.9 Å². The third-order valence-corrected chi connectivity index (χ3v) is 11.9. The van der Waals surface area contributed by atoms with Crippen LogP contribution < -0.4 is 36.9 Å². The number of aliphatic carboxylic acids is 1. The van der Waals surface area contributed by atoms with Crippen molar-refractivity contribution in [3.05, 3.63) is 82.7 Å². The predicted octanol–water partition coefficient (Wildman–Crippen LogP) is 4.98. The monoisotopic (exact) mass is 963 g/mol. The smallest absolute Gasteiger partial charge is 0.304 e. The van der Waals surface area contributed by atoms with Gasteiger partial charge in [0.2, 0.25) is 29.4 Å². The van der Waals surface area contributed by atoms with Gasteiger partial charge in [-0.25, -0.2) is 18.7 Å². The van der Waals surface area contributed by atoms with Crippen LogP contribution in [0.1, 0.15) is 98.1 Å². The molecule has 1 amide bonds. The molecule has 0 atom stereocenters. The summed E-state index contributed by atoms with van der Waals surface area (Å²) in [5.41, 5.74) is 12.3. The number of nitrogens with two attached hydrogens (primary N) is 2. The zero-order valence-electron chi connectivity index (χ0n) is 40.5. The maximum absolute atomic E-state index is 13.7. The highest BCUT2D eigenvalue weighted by atomic mass is 19.1. The number of halogens is 2. The number of piperidine rings is 2. The van der Waals surface area contributed by atoms with E-state index in [2.05, 4.69) is 59.5 Å². The number of methoxy groups -OCH3 is 2. The van der Waals surface area contributed by atoms with Crippen LogP contribution >= 0.6 is 0 Å². The van der Waals surface area contributed by atoms with Crippen molar-refractivity contribution < 1.29 is 42.5 Å². The molecule has 2 aliphatic heterocycles. The second-order valence-corrected chi connectivity index (χ2v) is 16.2. The zero-order chi connectivity index (χ0) is 50.5. The number of aromatic nitrogens is 4. The van der Waals surface area contributed by atoms with Crippen molar-refractivity contribution in [3.8, 4) is 11.5 Å². The van der Waals surface area contributed by atoms with Crippen molar-refractivity contribution in [1.82, 2.24) is 40.0 Å². The third-order valence-electron chi connectivity index (χ3n) is 11.9. The maximum atomic E-state index is 13.7. The molecule has 21 heteroatoms. The van der Waals surface area contributed by atoms with Crippen LogP contribution in [0.5, 0.6) is 11.5 Å². The Morgan fingerprint density at radius 2 is 1.12 bits per heavy atom. The topological polar surface area (TPSA) is 256 Å². The Bertz CT molecular complexity index is 2300. The number of carbonyl (C=O) groups excluding carboxylic acids is 3. The Kier molecular flexibility index (Phi) is 22.4. The average Bonchev–Trinajstić information content (AvgIpc) is 3.35. The molecule has 2 aromatic carbocycles. The van der Waals surface area contributed by atoms with Gasteiger partial charge in [-0.2, -0.15) is 9.97 Å². The highest BCUT2D eigenvalue weighted by molar-refractivity contribution is 6.13. The largest absolute Gasteiger partial charge is 0.496 e. The number of nitrogens with zero attached hydrogens (tertiary/aromatic N) is 7. The number of benzene rings is 2. The van der Waals surface area contributed by atoms with Crippen LogP contribution in [-0.4, -0.2) is 155 Å². The molecule has 2 saturated heterocycles. The lowest BCUT2D eigenvalue weighted by Gasteiger charge is -2.33. The maximum Gasteiger partial charge on any atom is 0.304 e. The van der Waals surface area contributed by atoms with Crippen molar-refractivity contribution in [2.75, 3.05) is 102 Å². The lowest BCUT2D eigenvalue weighted by atomic mass is 10.0. The van der Waals surface area contributed by atoms with E-state index in [-0.39, 0.29) is 69.8 Å². The Balaban J connectivity index is 0.000000258. The summed E-state index contributed by atoms with van der Waals surface area (Å²) < 4.78 is 37.4. The van der Waals surface area contributed by atoms with E-state index in [4.69, 9.17) is 26.0 Å². The number of carboxylic acid groups (broad SMARTS) is 1. The number of hydrogen-bond donors (Lipinski definition) is 6. The number of carbonyl (C=O) groups is 4. The average molecular weight is 963 g/mol. The number of amides is 1. The summed E-state index contributed by atoms with van der Waals surface area (Å²) in [5, 5.41) is 18.1. The summed E-state index contributed by atoms with van der Waals surface area (Å²) in [6.45, 7) is 16.7. The molecule has 0 radical (unpaired) electrons. The second-order valence-electron chi connectivity index (χ2n) is 16.2. The highest BCUT2D eigenvalue weighted by Gasteiger charge is 2.25. The first-order valence-electron chi connectivity index (χ1n) is 23.3.